The molecule has 0 bridgehead atoms. The monoisotopic (exact) mass is 260 g/mol. The third kappa shape index (κ3) is 1.50. The van der Waals surface area contributed by atoms with Crippen LogP contribution in [0.5, 0.6) is 0 Å². The van der Waals surface area contributed by atoms with Crippen LogP contribution >= 0.6 is 11.3 Å². The first-order valence-corrected chi connectivity index (χ1v) is 5.26. The van der Waals surface area contributed by atoms with E-state index in [4.69, 9.17) is 4.52 Å². The van der Waals surface area contributed by atoms with Gasteiger partial charge in [-0.25, -0.2) is 4.98 Å². The summed E-state index contributed by atoms with van der Waals surface area (Å²) in [5.74, 6) is 0. The molecule has 0 aliphatic rings. The summed E-state index contributed by atoms with van der Waals surface area (Å²) in [5, 5.41) is 6.83. The van der Waals surface area contributed by atoms with Crippen LogP contribution in [0.1, 0.15) is 4.88 Å². The second-order valence-corrected chi connectivity index (χ2v) is 4.04. The van der Waals surface area contributed by atoms with Crippen molar-refractivity contribution in [2.45, 2.75) is 6.18 Å². The number of aromatic nitrogens is 4. The Morgan fingerprint density at radius 2 is 2.18 bits per heavy atom. The Labute approximate surface area is 95.3 Å². The zero-order valence-electron chi connectivity index (χ0n) is 7.95. The van der Waals surface area contributed by atoms with Crippen LogP contribution in [0.25, 0.3) is 22.5 Å². The maximum Gasteiger partial charge on any atom is 0.427 e. The second kappa shape index (κ2) is 3.29. The zero-order valence-corrected chi connectivity index (χ0v) is 8.76. The van der Waals surface area contributed by atoms with Crippen LogP contribution in [0.15, 0.2) is 16.2 Å². The molecule has 0 atom stereocenters. The fraction of sp³-hybridized carbons (Fsp3) is 0.125. The molecule has 17 heavy (non-hydrogen) atoms. The SMILES string of the molecule is FC(F)(F)c1scnc1-c1c[nH]c2nnoc12. The highest BCUT2D eigenvalue weighted by Gasteiger charge is 2.37. The van der Waals surface area contributed by atoms with E-state index in [0.29, 0.717) is 17.0 Å². The average molecular weight is 260 g/mol. The van der Waals surface area contributed by atoms with E-state index < -0.39 is 11.1 Å². The zero-order chi connectivity index (χ0) is 12.0. The normalized spacial score (nSPS) is 12.4. The van der Waals surface area contributed by atoms with Gasteiger partial charge < -0.3 is 9.51 Å². The number of H-pyrrole nitrogens is 1. The van der Waals surface area contributed by atoms with Gasteiger partial charge in [0, 0.05) is 11.5 Å². The van der Waals surface area contributed by atoms with Crippen LogP contribution in [-0.2, 0) is 6.18 Å². The Kier molecular flexibility index (Phi) is 1.99. The molecule has 0 fully saturated rings. The molecule has 3 heterocycles. The molecule has 3 aromatic heterocycles. The lowest BCUT2D eigenvalue weighted by molar-refractivity contribution is -0.134. The predicted octanol–water partition coefficient (Wildman–Crippen LogP) is 2.69. The molecule has 3 aromatic rings. The molecule has 0 aliphatic heterocycles. The van der Waals surface area contributed by atoms with E-state index in [9.17, 15) is 13.2 Å². The predicted molar refractivity (Wildman–Crippen MR) is 52.3 cm³/mol. The molecule has 0 saturated heterocycles. The molecular formula is C8H3F3N4OS. The van der Waals surface area contributed by atoms with Gasteiger partial charge in [-0.2, -0.15) is 13.2 Å². The number of fused-ring (bicyclic) bond motifs is 1. The van der Waals surface area contributed by atoms with Gasteiger partial charge in [0.05, 0.1) is 16.8 Å². The highest BCUT2D eigenvalue weighted by Crippen LogP contribution is 2.40. The van der Waals surface area contributed by atoms with Gasteiger partial charge >= 0.3 is 6.18 Å². The van der Waals surface area contributed by atoms with Gasteiger partial charge in [-0.3, -0.25) is 0 Å². The van der Waals surface area contributed by atoms with Crippen LogP contribution in [0.2, 0.25) is 0 Å². The first kappa shape index (κ1) is 10.3. The number of aromatic amines is 1. The largest absolute Gasteiger partial charge is 0.427 e. The number of halogens is 3. The van der Waals surface area contributed by atoms with E-state index in [0.717, 1.165) is 5.51 Å². The first-order valence-electron chi connectivity index (χ1n) is 4.38. The van der Waals surface area contributed by atoms with Crippen molar-refractivity contribution >= 4 is 22.6 Å². The van der Waals surface area contributed by atoms with Crippen LogP contribution in [-0.4, -0.2) is 20.3 Å². The van der Waals surface area contributed by atoms with E-state index in [1.54, 1.807) is 0 Å². The molecule has 0 radical (unpaired) electrons. The number of thiazole rings is 1. The minimum Gasteiger partial charge on any atom is -0.341 e. The Morgan fingerprint density at radius 3 is 2.94 bits per heavy atom. The van der Waals surface area contributed by atoms with Crippen molar-refractivity contribution in [1.29, 1.82) is 0 Å². The van der Waals surface area contributed by atoms with Gasteiger partial charge in [0.15, 0.2) is 0 Å². The molecule has 0 amide bonds. The van der Waals surface area contributed by atoms with Crippen molar-refractivity contribution in [3.63, 3.8) is 0 Å². The minimum atomic E-state index is -4.44. The maximum atomic E-state index is 12.7. The summed E-state index contributed by atoms with van der Waals surface area (Å²) in [6, 6.07) is 0. The van der Waals surface area contributed by atoms with Crippen LogP contribution in [0, 0.1) is 0 Å². The molecule has 3 rings (SSSR count). The standard InChI is InChI=1S/C8H3F3N4OS/c9-8(10,11)6-4(13-2-17-6)3-1-12-7-5(3)16-15-14-7/h1-2,12H. The number of hydrogen-bond acceptors (Lipinski definition) is 5. The van der Waals surface area contributed by atoms with Gasteiger partial charge in [0.25, 0.3) is 0 Å². The van der Waals surface area contributed by atoms with Crippen molar-refractivity contribution in [1.82, 2.24) is 20.3 Å². The van der Waals surface area contributed by atoms with E-state index in [1.807, 2.05) is 0 Å². The Bertz CT molecular complexity index is 667. The van der Waals surface area contributed by atoms with E-state index in [1.165, 1.54) is 6.20 Å². The lowest BCUT2D eigenvalue weighted by Crippen LogP contribution is -2.03. The smallest absolute Gasteiger partial charge is 0.341 e. The lowest BCUT2D eigenvalue weighted by Gasteiger charge is -2.04. The molecule has 0 aliphatic carbocycles. The number of nitrogens with zero attached hydrogens (tertiary/aromatic N) is 3. The molecule has 9 heteroatoms. The molecule has 88 valence electrons. The molecule has 0 aromatic carbocycles. The van der Waals surface area contributed by atoms with Crippen LogP contribution in [0.4, 0.5) is 13.2 Å². The maximum absolute atomic E-state index is 12.7. The fourth-order valence-corrected chi connectivity index (χ4v) is 2.15. The Hall–Kier alpha value is -1.90. The van der Waals surface area contributed by atoms with Gasteiger partial charge in [0.1, 0.15) is 4.88 Å². The van der Waals surface area contributed by atoms with Gasteiger partial charge in [-0.1, -0.05) is 5.10 Å². The molecule has 5 nitrogen and oxygen atoms in total. The lowest BCUT2D eigenvalue weighted by atomic mass is 10.2. The minimum absolute atomic E-state index is 0.168. The highest BCUT2D eigenvalue weighted by atomic mass is 32.1. The van der Waals surface area contributed by atoms with Crippen molar-refractivity contribution in [3.8, 4) is 11.3 Å². The Balaban J connectivity index is 2.24. The topological polar surface area (TPSA) is 67.6 Å². The molecule has 0 unspecified atom stereocenters. The number of nitrogens with one attached hydrogen (secondary N) is 1. The van der Waals surface area contributed by atoms with Crippen LogP contribution < -0.4 is 0 Å². The van der Waals surface area contributed by atoms with Crippen molar-refractivity contribution in [2.24, 2.45) is 0 Å². The number of hydrogen-bond donors (Lipinski definition) is 1. The number of rotatable bonds is 1. The van der Waals surface area contributed by atoms with Crippen LogP contribution in [0.3, 0.4) is 0 Å². The highest BCUT2D eigenvalue weighted by molar-refractivity contribution is 7.10. The summed E-state index contributed by atoms with van der Waals surface area (Å²) >= 11 is 0.533. The summed E-state index contributed by atoms with van der Waals surface area (Å²) < 4.78 is 42.9. The van der Waals surface area contributed by atoms with Crippen molar-refractivity contribution < 1.29 is 17.7 Å². The van der Waals surface area contributed by atoms with E-state index >= 15 is 0 Å². The van der Waals surface area contributed by atoms with Gasteiger partial charge in [-0.05, 0) is 0 Å². The van der Waals surface area contributed by atoms with E-state index in [-0.39, 0.29) is 16.8 Å². The summed E-state index contributed by atoms with van der Waals surface area (Å²) in [6.45, 7) is 0. The molecule has 0 saturated carbocycles. The third-order valence-electron chi connectivity index (χ3n) is 2.17. The quantitative estimate of drug-likeness (QED) is 0.730. The molecule has 1 N–H and O–H groups in total. The average Bonchev–Trinajstić information content (AvgIpc) is 2.90. The second-order valence-electron chi connectivity index (χ2n) is 3.18. The summed E-state index contributed by atoms with van der Waals surface area (Å²) in [7, 11) is 0. The number of alkyl halides is 3. The van der Waals surface area contributed by atoms with Gasteiger partial charge in [-0.15, -0.1) is 11.3 Å². The van der Waals surface area contributed by atoms with Crippen molar-refractivity contribution in [3.05, 3.63) is 16.6 Å². The summed E-state index contributed by atoms with van der Waals surface area (Å²) in [6.07, 6.45) is -3.07. The summed E-state index contributed by atoms with van der Waals surface area (Å²) in [5.41, 5.74) is 1.63. The summed E-state index contributed by atoms with van der Waals surface area (Å²) in [4.78, 5) is 5.61. The molecular weight excluding hydrogens is 257 g/mol. The third-order valence-corrected chi connectivity index (χ3v) is 3.04. The molecule has 0 spiro atoms. The van der Waals surface area contributed by atoms with Gasteiger partial charge in [0.2, 0.25) is 11.2 Å². The van der Waals surface area contributed by atoms with E-state index in [2.05, 4.69) is 20.3 Å². The first-order chi connectivity index (χ1) is 8.07. The van der Waals surface area contributed by atoms with Crippen molar-refractivity contribution in [2.75, 3.05) is 0 Å². The Morgan fingerprint density at radius 1 is 1.35 bits per heavy atom. The fourth-order valence-electron chi connectivity index (χ4n) is 1.48.